The second-order valence-electron chi connectivity index (χ2n) is 9.88. The quantitative estimate of drug-likeness (QED) is 0.355. The van der Waals surface area contributed by atoms with Gasteiger partial charge < -0.3 is 15.0 Å². The lowest BCUT2D eigenvalue weighted by Gasteiger charge is -2.31. The van der Waals surface area contributed by atoms with E-state index in [1.807, 2.05) is 58.9 Å². The van der Waals surface area contributed by atoms with E-state index in [0.717, 1.165) is 17.4 Å². The van der Waals surface area contributed by atoms with Crippen molar-refractivity contribution in [1.29, 1.82) is 0 Å². The fourth-order valence-electron chi connectivity index (χ4n) is 4.19. The van der Waals surface area contributed by atoms with Gasteiger partial charge >= 0.3 is 0 Å². The minimum absolute atomic E-state index is 0.114. The summed E-state index contributed by atoms with van der Waals surface area (Å²) in [5, 5.41) is 2.97. The van der Waals surface area contributed by atoms with Crippen molar-refractivity contribution in [2.45, 2.75) is 66.5 Å². The van der Waals surface area contributed by atoms with Gasteiger partial charge in [0.1, 0.15) is 11.8 Å². The first-order chi connectivity index (χ1) is 18.0. The van der Waals surface area contributed by atoms with Crippen molar-refractivity contribution in [1.82, 2.24) is 10.2 Å². The maximum atomic E-state index is 13.5. The average Bonchev–Trinajstić information content (AvgIpc) is 2.86. The number of hydrogen-bond acceptors (Lipinski definition) is 5. The Morgan fingerprint density at radius 1 is 1.03 bits per heavy atom. The van der Waals surface area contributed by atoms with E-state index in [1.165, 1.54) is 4.31 Å². The topological polar surface area (TPSA) is 96.0 Å². The molecule has 2 rings (SSSR count). The first-order valence-corrected chi connectivity index (χ1v) is 15.1. The molecule has 1 N–H and O–H groups in total. The van der Waals surface area contributed by atoms with Crippen LogP contribution in [0.3, 0.4) is 0 Å². The number of nitrogens with one attached hydrogen (secondary N) is 1. The summed E-state index contributed by atoms with van der Waals surface area (Å²) in [4.78, 5) is 28.3. The third-order valence-corrected chi connectivity index (χ3v) is 7.45. The minimum atomic E-state index is -3.56. The molecule has 2 aromatic rings. The van der Waals surface area contributed by atoms with Gasteiger partial charge in [0, 0.05) is 26.1 Å². The number of amides is 2. The smallest absolute Gasteiger partial charge is 0.242 e. The Kier molecular flexibility index (Phi) is 12.1. The molecule has 0 fully saturated rings. The number of benzene rings is 2. The number of nitrogens with zero attached hydrogens (tertiary/aromatic N) is 2. The average molecular weight is 546 g/mol. The monoisotopic (exact) mass is 545 g/mol. The Balaban J connectivity index is 2.20. The highest BCUT2D eigenvalue weighted by atomic mass is 32.2. The highest BCUT2D eigenvalue weighted by molar-refractivity contribution is 7.92. The summed E-state index contributed by atoms with van der Waals surface area (Å²) in [7, 11) is -3.56. The van der Waals surface area contributed by atoms with Crippen LogP contribution in [0, 0.1) is 12.8 Å². The molecule has 0 saturated heterocycles. The maximum absolute atomic E-state index is 13.5. The molecule has 9 heteroatoms. The van der Waals surface area contributed by atoms with Gasteiger partial charge in [-0.05, 0) is 68.0 Å². The molecule has 2 amide bonds. The molecule has 2 aromatic carbocycles. The van der Waals surface area contributed by atoms with E-state index in [-0.39, 0.29) is 24.8 Å². The molecular weight excluding hydrogens is 502 g/mol. The van der Waals surface area contributed by atoms with Gasteiger partial charge in [-0.2, -0.15) is 0 Å². The molecule has 0 saturated carbocycles. The van der Waals surface area contributed by atoms with Gasteiger partial charge in [0.2, 0.25) is 21.8 Å². The molecule has 0 aromatic heterocycles. The van der Waals surface area contributed by atoms with Crippen molar-refractivity contribution in [3.8, 4) is 5.75 Å². The van der Waals surface area contributed by atoms with Crippen molar-refractivity contribution in [2.75, 3.05) is 30.3 Å². The lowest BCUT2D eigenvalue weighted by atomic mass is 10.0. The first kappa shape index (κ1) is 31.1. The van der Waals surface area contributed by atoms with Gasteiger partial charge in [0.05, 0.1) is 18.6 Å². The zero-order valence-corrected chi connectivity index (χ0v) is 24.4. The van der Waals surface area contributed by atoms with E-state index in [0.29, 0.717) is 49.9 Å². The molecule has 0 radical (unpaired) electrons. The summed E-state index contributed by atoms with van der Waals surface area (Å²) < 4.78 is 31.8. The fourth-order valence-corrected chi connectivity index (χ4v) is 5.16. The number of aryl methyl sites for hydroxylation is 1. The molecule has 0 aliphatic heterocycles. The Hall–Kier alpha value is -3.07. The van der Waals surface area contributed by atoms with Gasteiger partial charge in [-0.1, -0.05) is 45.0 Å². The second-order valence-corrected chi connectivity index (χ2v) is 11.8. The number of carbonyl (C=O) groups is 2. The molecule has 0 aliphatic carbocycles. The van der Waals surface area contributed by atoms with Crippen LogP contribution in [0.4, 0.5) is 5.69 Å². The van der Waals surface area contributed by atoms with E-state index in [2.05, 4.69) is 5.32 Å². The molecule has 0 spiro atoms. The van der Waals surface area contributed by atoms with Crippen molar-refractivity contribution in [3.05, 3.63) is 59.7 Å². The van der Waals surface area contributed by atoms with Crippen molar-refractivity contribution >= 4 is 27.5 Å². The number of anilines is 1. The summed E-state index contributed by atoms with van der Waals surface area (Å²) >= 11 is 0. The molecular formula is C29H43N3O5S. The van der Waals surface area contributed by atoms with E-state index in [4.69, 9.17) is 4.74 Å². The summed E-state index contributed by atoms with van der Waals surface area (Å²) in [6.07, 6.45) is 2.06. The Morgan fingerprint density at radius 2 is 1.68 bits per heavy atom. The van der Waals surface area contributed by atoms with Gasteiger partial charge in [-0.25, -0.2) is 8.42 Å². The summed E-state index contributed by atoms with van der Waals surface area (Å²) in [5.74, 6) is 0.602. The van der Waals surface area contributed by atoms with Crippen LogP contribution in [-0.2, 0) is 26.2 Å². The van der Waals surface area contributed by atoms with Crippen LogP contribution < -0.4 is 14.4 Å². The van der Waals surface area contributed by atoms with Crippen LogP contribution in [0.2, 0.25) is 0 Å². The zero-order chi connectivity index (χ0) is 28.3. The number of carbonyl (C=O) groups excluding carboxylic acids is 2. The minimum Gasteiger partial charge on any atom is -0.494 e. The highest BCUT2D eigenvalue weighted by Gasteiger charge is 2.29. The third kappa shape index (κ3) is 9.35. The molecule has 1 atom stereocenters. The van der Waals surface area contributed by atoms with Crippen molar-refractivity contribution in [2.24, 2.45) is 5.92 Å². The van der Waals surface area contributed by atoms with Gasteiger partial charge in [-0.15, -0.1) is 0 Å². The number of ether oxygens (including phenoxy) is 1. The molecule has 0 bridgehead atoms. The number of hydrogen-bond donors (Lipinski definition) is 1. The standard InChI is InChI=1S/C29H43N3O5S/c1-7-27(29(34)30-20-22(3)4)31(21-24-13-10-9-12-23(24)5)28(33)14-11-19-32(38(6,35)36)25-15-17-26(18-16-25)37-8-2/h9-10,12-13,15-18,22,27H,7-8,11,14,19-21H2,1-6H3,(H,30,34)/t27-/m0/s1. The SMILES string of the molecule is CCOc1ccc(N(CCCC(=O)N(Cc2ccccc2C)[C@@H](CC)C(=O)NCC(C)C)S(C)(=O)=O)cc1. The van der Waals surface area contributed by atoms with Crippen LogP contribution in [-0.4, -0.2) is 57.1 Å². The zero-order valence-electron chi connectivity index (χ0n) is 23.6. The van der Waals surface area contributed by atoms with Crippen LogP contribution >= 0.6 is 0 Å². The largest absolute Gasteiger partial charge is 0.494 e. The summed E-state index contributed by atoms with van der Waals surface area (Å²) in [5.41, 5.74) is 2.53. The van der Waals surface area contributed by atoms with Crippen molar-refractivity contribution < 1.29 is 22.7 Å². The Labute approximate surface area is 228 Å². The predicted molar refractivity (Wildman–Crippen MR) is 153 cm³/mol. The first-order valence-electron chi connectivity index (χ1n) is 13.3. The Bertz CT molecular complexity index is 1150. The van der Waals surface area contributed by atoms with Crippen LogP contribution in [0.1, 0.15) is 58.1 Å². The van der Waals surface area contributed by atoms with Crippen molar-refractivity contribution in [3.63, 3.8) is 0 Å². The van der Waals surface area contributed by atoms with Gasteiger partial charge in [0.25, 0.3) is 0 Å². The van der Waals surface area contributed by atoms with E-state index in [1.54, 1.807) is 29.2 Å². The second kappa shape index (κ2) is 14.8. The summed E-state index contributed by atoms with van der Waals surface area (Å²) in [6, 6.07) is 14.1. The molecule has 38 heavy (non-hydrogen) atoms. The van der Waals surface area contributed by atoms with E-state index in [9.17, 15) is 18.0 Å². The molecule has 0 aliphatic rings. The highest BCUT2D eigenvalue weighted by Crippen LogP contribution is 2.23. The molecule has 8 nitrogen and oxygen atoms in total. The van der Waals surface area contributed by atoms with Crippen LogP contribution in [0.5, 0.6) is 5.75 Å². The lowest BCUT2D eigenvalue weighted by Crippen LogP contribution is -2.49. The van der Waals surface area contributed by atoms with Crippen LogP contribution in [0.25, 0.3) is 0 Å². The normalized spacial score (nSPS) is 12.2. The fraction of sp³-hybridized carbons (Fsp3) is 0.517. The maximum Gasteiger partial charge on any atom is 0.242 e. The van der Waals surface area contributed by atoms with Crippen LogP contribution in [0.15, 0.2) is 48.5 Å². The molecule has 0 unspecified atom stereocenters. The Morgan fingerprint density at radius 3 is 2.24 bits per heavy atom. The lowest BCUT2D eigenvalue weighted by molar-refractivity contribution is -0.141. The van der Waals surface area contributed by atoms with Gasteiger partial charge in [0.15, 0.2) is 0 Å². The number of rotatable bonds is 15. The number of sulfonamides is 1. The van der Waals surface area contributed by atoms with E-state index < -0.39 is 16.1 Å². The summed E-state index contributed by atoms with van der Waals surface area (Å²) in [6.45, 7) is 11.3. The molecule has 0 heterocycles. The van der Waals surface area contributed by atoms with E-state index >= 15 is 0 Å². The predicted octanol–water partition coefficient (Wildman–Crippen LogP) is 4.52. The molecule has 210 valence electrons. The van der Waals surface area contributed by atoms with Gasteiger partial charge in [-0.3, -0.25) is 13.9 Å². The third-order valence-electron chi connectivity index (χ3n) is 6.26.